The van der Waals surface area contributed by atoms with Crippen LogP contribution in [-0.4, -0.2) is 29.1 Å². The van der Waals surface area contributed by atoms with Crippen LogP contribution in [0.3, 0.4) is 0 Å². The van der Waals surface area contributed by atoms with Crippen molar-refractivity contribution in [1.29, 1.82) is 0 Å². The summed E-state index contributed by atoms with van der Waals surface area (Å²) in [6.07, 6.45) is 1.62. The fourth-order valence-electron chi connectivity index (χ4n) is 3.39. The minimum atomic E-state index is -0.198. The summed E-state index contributed by atoms with van der Waals surface area (Å²) in [5.74, 6) is 2.33. The van der Waals surface area contributed by atoms with Crippen molar-refractivity contribution in [3.63, 3.8) is 0 Å². The van der Waals surface area contributed by atoms with E-state index in [1.54, 1.807) is 18.2 Å². The molecule has 6 nitrogen and oxygen atoms in total. The highest BCUT2D eigenvalue weighted by Crippen LogP contribution is 2.31. The monoisotopic (exact) mass is 379 g/mol. The first-order valence-electron chi connectivity index (χ1n) is 9.75. The molecule has 6 heteroatoms. The highest BCUT2D eigenvalue weighted by Gasteiger charge is 2.22. The van der Waals surface area contributed by atoms with E-state index in [0.717, 1.165) is 29.7 Å². The van der Waals surface area contributed by atoms with Gasteiger partial charge in [0.1, 0.15) is 5.82 Å². The van der Waals surface area contributed by atoms with Crippen molar-refractivity contribution >= 4 is 16.9 Å². The van der Waals surface area contributed by atoms with Gasteiger partial charge in [0.2, 0.25) is 0 Å². The number of nitrogens with one attached hydrogen (secondary N) is 2. The number of imidazole rings is 1. The predicted molar refractivity (Wildman–Crippen MR) is 108 cm³/mol. The number of aromatic nitrogens is 2. The summed E-state index contributed by atoms with van der Waals surface area (Å²) in [7, 11) is 0. The number of para-hydroxylation sites is 2. The van der Waals surface area contributed by atoms with Crippen molar-refractivity contribution in [2.45, 2.75) is 32.7 Å². The van der Waals surface area contributed by atoms with Gasteiger partial charge < -0.3 is 19.8 Å². The first-order valence-corrected chi connectivity index (χ1v) is 9.75. The molecule has 1 atom stereocenters. The van der Waals surface area contributed by atoms with Crippen LogP contribution in [0.1, 0.15) is 48.9 Å². The van der Waals surface area contributed by atoms with Crippen LogP contribution in [-0.2, 0) is 0 Å². The maximum atomic E-state index is 12.9. The number of amides is 1. The van der Waals surface area contributed by atoms with Crippen LogP contribution in [0.15, 0.2) is 42.5 Å². The number of aromatic amines is 1. The Labute approximate surface area is 164 Å². The van der Waals surface area contributed by atoms with E-state index in [1.807, 2.05) is 24.3 Å². The van der Waals surface area contributed by atoms with Crippen molar-refractivity contribution in [2.75, 3.05) is 13.2 Å². The van der Waals surface area contributed by atoms with Gasteiger partial charge >= 0.3 is 0 Å². The van der Waals surface area contributed by atoms with Gasteiger partial charge in [-0.1, -0.05) is 26.0 Å². The molecule has 28 heavy (non-hydrogen) atoms. The second-order valence-electron chi connectivity index (χ2n) is 7.51. The zero-order valence-electron chi connectivity index (χ0n) is 16.2. The number of fused-ring (bicyclic) bond motifs is 2. The Hall–Kier alpha value is -3.02. The number of nitrogens with zero attached hydrogens (tertiary/aromatic N) is 1. The Morgan fingerprint density at radius 3 is 2.71 bits per heavy atom. The molecule has 146 valence electrons. The highest BCUT2D eigenvalue weighted by atomic mass is 16.5. The van der Waals surface area contributed by atoms with Crippen molar-refractivity contribution < 1.29 is 14.3 Å². The zero-order chi connectivity index (χ0) is 19.5. The minimum absolute atomic E-state index is 0.151. The second-order valence-corrected chi connectivity index (χ2v) is 7.51. The van der Waals surface area contributed by atoms with E-state index in [0.29, 0.717) is 36.2 Å². The summed E-state index contributed by atoms with van der Waals surface area (Å²) in [6.45, 7) is 5.48. The molecule has 0 spiro atoms. The van der Waals surface area contributed by atoms with Crippen molar-refractivity contribution in [3.05, 3.63) is 53.9 Å². The fourth-order valence-corrected chi connectivity index (χ4v) is 3.39. The molecule has 0 unspecified atom stereocenters. The molecule has 1 aliphatic rings. The van der Waals surface area contributed by atoms with E-state index in [1.165, 1.54) is 0 Å². The normalized spacial score (nSPS) is 14.7. The number of hydrogen-bond donors (Lipinski definition) is 2. The van der Waals surface area contributed by atoms with Crippen molar-refractivity contribution in [2.24, 2.45) is 5.92 Å². The summed E-state index contributed by atoms with van der Waals surface area (Å²) in [5, 5.41) is 3.14. The van der Waals surface area contributed by atoms with Gasteiger partial charge in [-0.05, 0) is 42.7 Å². The molecule has 2 N–H and O–H groups in total. The molecular formula is C22H25N3O3. The van der Waals surface area contributed by atoms with Gasteiger partial charge in [0.25, 0.3) is 5.91 Å². The molecule has 1 aromatic heterocycles. The Kier molecular flexibility index (Phi) is 5.19. The van der Waals surface area contributed by atoms with Crippen molar-refractivity contribution in [1.82, 2.24) is 15.3 Å². The molecule has 0 saturated carbocycles. The molecule has 0 radical (unpaired) electrons. The number of rotatable bonds is 5. The first kappa shape index (κ1) is 18.3. The van der Waals surface area contributed by atoms with Crippen LogP contribution in [0.2, 0.25) is 0 Å². The summed E-state index contributed by atoms with van der Waals surface area (Å²) >= 11 is 0. The van der Waals surface area contributed by atoms with Gasteiger partial charge in [-0.2, -0.15) is 0 Å². The molecule has 0 saturated heterocycles. The lowest BCUT2D eigenvalue weighted by atomic mass is 10.0. The average Bonchev–Trinajstić information content (AvgIpc) is 2.98. The average molecular weight is 379 g/mol. The lowest BCUT2D eigenvalue weighted by Gasteiger charge is -2.19. The molecule has 4 rings (SSSR count). The van der Waals surface area contributed by atoms with Crippen molar-refractivity contribution in [3.8, 4) is 11.5 Å². The van der Waals surface area contributed by atoms with Gasteiger partial charge in [0.05, 0.1) is 30.3 Å². The molecule has 0 aliphatic carbocycles. The number of H-pyrrole nitrogens is 1. The predicted octanol–water partition coefficient (Wildman–Crippen LogP) is 4.24. The number of benzene rings is 2. The minimum Gasteiger partial charge on any atom is -0.490 e. The SMILES string of the molecule is CC(C)C[C@@H](NC(=O)c1ccc2c(c1)OCCCO2)c1nc2ccccc2[nH]1. The first-order chi connectivity index (χ1) is 13.6. The summed E-state index contributed by atoms with van der Waals surface area (Å²) in [6, 6.07) is 13.0. The second kappa shape index (κ2) is 7.92. The highest BCUT2D eigenvalue weighted by molar-refractivity contribution is 5.95. The lowest BCUT2D eigenvalue weighted by Crippen LogP contribution is -2.30. The van der Waals surface area contributed by atoms with Crippen LogP contribution >= 0.6 is 0 Å². The van der Waals surface area contributed by atoms with Gasteiger partial charge in [-0.25, -0.2) is 4.98 Å². The Morgan fingerprint density at radius 2 is 1.93 bits per heavy atom. The molecule has 2 heterocycles. The van der Waals surface area contributed by atoms with Crippen LogP contribution < -0.4 is 14.8 Å². The molecule has 1 amide bonds. The van der Waals surface area contributed by atoms with E-state index in [2.05, 4.69) is 29.1 Å². The van der Waals surface area contributed by atoms with Crippen LogP contribution in [0.25, 0.3) is 11.0 Å². The van der Waals surface area contributed by atoms with E-state index >= 15 is 0 Å². The molecule has 0 fully saturated rings. The van der Waals surface area contributed by atoms with Crippen LogP contribution in [0.5, 0.6) is 11.5 Å². The summed E-state index contributed by atoms with van der Waals surface area (Å²) in [5.41, 5.74) is 2.42. The molecular weight excluding hydrogens is 354 g/mol. The summed E-state index contributed by atoms with van der Waals surface area (Å²) < 4.78 is 11.4. The third-order valence-electron chi connectivity index (χ3n) is 4.76. The molecule has 2 aromatic carbocycles. The third kappa shape index (κ3) is 3.96. The van der Waals surface area contributed by atoms with Crippen LogP contribution in [0, 0.1) is 5.92 Å². The topological polar surface area (TPSA) is 76.2 Å². The summed E-state index contributed by atoms with van der Waals surface area (Å²) in [4.78, 5) is 21.0. The Balaban J connectivity index is 1.58. The van der Waals surface area contributed by atoms with E-state index in [-0.39, 0.29) is 11.9 Å². The zero-order valence-corrected chi connectivity index (χ0v) is 16.2. The van der Waals surface area contributed by atoms with Gasteiger partial charge in [0.15, 0.2) is 11.5 Å². The number of carbonyl (C=O) groups is 1. The maximum absolute atomic E-state index is 12.9. The largest absolute Gasteiger partial charge is 0.490 e. The Morgan fingerprint density at radius 1 is 1.14 bits per heavy atom. The number of carbonyl (C=O) groups excluding carboxylic acids is 1. The van der Waals surface area contributed by atoms with E-state index < -0.39 is 0 Å². The number of ether oxygens (including phenoxy) is 2. The maximum Gasteiger partial charge on any atom is 0.252 e. The molecule has 0 bridgehead atoms. The standard InChI is InChI=1S/C22H25N3O3/c1-14(2)12-18(21-23-16-6-3-4-7-17(16)24-21)25-22(26)15-8-9-19-20(13-15)28-11-5-10-27-19/h3-4,6-9,13-14,18H,5,10-12H2,1-2H3,(H,23,24)(H,25,26)/t18-/m1/s1. The van der Waals surface area contributed by atoms with Crippen LogP contribution in [0.4, 0.5) is 0 Å². The third-order valence-corrected chi connectivity index (χ3v) is 4.76. The van der Waals surface area contributed by atoms with Gasteiger partial charge in [-0.3, -0.25) is 4.79 Å². The van der Waals surface area contributed by atoms with Gasteiger partial charge in [0, 0.05) is 12.0 Å². The lowest BCUT2D eigenvalue weighted by molar-refractivity contribution is 0.0929. The van der Waals surface area contributed by atoms with E-state index in [9.17, 15) is 4.79 Å². The van der Waals surface area contributed by atoms with E-state index in [4.69, 9.17) is 9.47 Å². The molecule has 1 aliphatic heterocycles. The quantitative estimate of drug-likeness (QED) is 0.695. The fraction of sp³-hybridized carbons (Fsp3) is 0.364. The smallest absolute Gasteiger partial charge is 0.252 e. The van der Waals surface area contributed by atoms with Gasteiger partial charge in [-0.15, -0.1) is 0 Å². The number of hydrogen-bond acceptors (Lipinski definition) is 4. The molecule has 3 aromatic rings. The Bertz CT molecular complexity index is 947.